The molecule has 4 aromatic heterocycles. The molecule has 0 aliphatic carbocycles. The highest BCUT2D eigenvalue weighted by atomic mass is 16.5. The SMILES string of the molecule is Oc1ccc2c(N=Nc3ccc(N(Cc4ccccn4)Cc4ccccn4)cc3)c(Oc3ccc4c(O)cc(O)c(N=Nc5ccc(N(Cc6ccccn6)Cc6ccccn6)cc5)c4c3)ccc2c1. The molecule has 0 bridgehead atoms. The van der Waals surface area contributed by atoms with E-state index in [0.29, 0.717) is 70.9 Å². The summed E-state index contributed by atoms with van der Waals surface area (Å²) >= 11 is 0. The number of phenols is 3. The molecule has 342 valence electrons. The average molecular weight is 921 g/mol. The molecule has 14 nitrogen and oxygen atoms in total. The first-order valence-electron chi connectivity index (χ1n) is 22.4. The molecule has 0 radical (unpaired) electrons. The van der Waals surface area contributed by atoms with E-state index in [9.17, 15) is 15.3 Å². The summed E-state index contributed by atoms with van der Waals surface area (Å²) in [5.74, 6) is 0.463. The van der Waals surface area contributed by atoms with Gasteiger partial charge in [-0.3, -0.25) is 19.9 Å². The number of aromatic hydroxyl groups is 3. The van der Waals surface area contributed by atoms with E-state index >= 15 is 0 Å². The minimum Gasteiger partial charge on any atom is -0.508 e. The first-order valence-corrected chi connectivity index (χ1v) is 22.4. The van der Waals surface area contributed by atoms with Crippen LogP contribution in [0.4, 0.5) is 34.1 Å². The zero-order valence-corrected chi connectivity index (χ0v) is 37.6. The number of ether oxygens (including phenoxy) is 1. The third-order valence-corrected chi connectivity index (χ3v) is 11.5. The van der Waals surface area contributed by atoms with Crippen molar-refractivity contribution in [1.82, 2.24) is 19.9 Å². The highest BCUT2D eigenvalue weighted by Crippen LogP contribution is 2.45. The van der Waals surface area contributed by atoms with Gasteiger partial charge < -0.3 is 29.9 Å². The summed E-state index contributed by atoms with van der Waals surface area (Å²) in [6.07, 6.45) is 7.14. The number of anilines is 2. The fraction of sp³-hybridized carbons (Fsp3) is 0.0714. The van der Waals surface area contributed by atoms with E-state index in [-0.39, 0.29) is 22.9 Å². The number of azo groups is 2. The molecule has 0 saturated heterocycles. The highest BCUT2D eigenvalue weighted by Gasteiger charge is 2.17. The lowest BCUT2D eigenvalue weighted by Gasteiger charge is -2.24. The van der Waals surface area contributed by atoms with E-state index in [4.69, 9.17) is 9.85 Å². The van der Waals surface area contributed by atoms with E-state index in [1.807, 2.05) is 127 Å². The molecule has 6 aromatic carbocycles. The minimum absolute atomic E-state index is 0.107. The first kappa shape index (κ1) is 44.3. The van der Waals surface area contributed by atoms with Crippen molar-refractivity contribution in [3.05, 3.63) is 223 Å². The van der Waals surface area contributed by atoms with Gasteiger partial charge in [-0.1, -0.05) is 30.3 Å². The molecule has 0 unspecified atom stereocenters. The van der Waals surface area contributed by atoms with Crippen molar-refractivity contribution >= 4 is 55.7 Å². The normalized spacial score (nSPS) is 11.4. The van der Waals surface area contributed by atoms with Gasteiger partial charge in [0.15, 0.2) is 5.75 Å². The molecular formula is C56H44N10O4. The van der Waals surface area contributed by atoms with Crippen molar-refractivity contribution in [2.45, 2.75) is 26.2 Å². The van der Waals surface area contributed by atoms with E-state index in [0.717, 1.165) is 39.5 Å². The number of aromatic nitrogens is 4. The summed E-state index contributed by atoms with van der Waals surface area (Å²) in [4.78, 5) is 22.5. The van der Waals surface area contributed by atoms with Crippen LogP contribution in [0.25, 0.3) is 21.5 Å². The molecule has 14 heteroatoms. The van der Waals surface area contributed by atoms with E-state index in [1.165, 1.54) is 6.07 Å². The Kier molecular flexibility index (Phi) is 13.0. The van der Waals surface area contributed by atoms with Gasteiger partial charge in [0.2, 0.25) is 0 Å². The Balaban J connectivity index is 0.921. The first-order chi connectivity index (χ1) is 34.4. The number of rotatable bonds is 16. The van der Waals surface area contributed by atoms with Gasteiger partial charge in [-0.25, -0.2) is 0 Å². The van der Waals surface area contributed by atoms with Crippen molar-refractivity contribution in [2.24, 2.45) is 20.5 Å². The molecule has 0 amide bonds. The summed E-state index contributed by atoms with van der Waals surface area (Å²) in [5.41, 5.74) is 7.31. The van der Waals surface area contributed by atoms with Crippen LogP contribution in [0, 0.1) is 0 Å². The molecule has 0 fully saturated rings. The molecule has 70 heavy (non-hydrogen) atoms. The number of phenolic OH excluding ortho intramolecular Hbond substituents is 3. The molecule has 0 spiro atoms. The Labute approximate surface area is 402 Å². The van der Waals surface area contributed by atoms with Crippen LogP contribution in [0.1, 0.15) is 22.8 Å². The van der Waals surface area contributed by atoms with E-state index in [1.54, 1.807) is 67.3 Å². The lowest BCUT2D eigenvalue weighted by atomic mass is 10.1. The fourth-order valence-electron chi connectivity index (χ4n) is 8.02. The summed E-state index contributed by atoms with van der Waals surface area (Å²) in [6.45, 7) is 2.29. The van der Waals surface area contributed by atoms with Crippen LogP contribution >= 0.6 is 0 Å². The Morgan fingerprint density at radius 1 is 0.400 bits per heavy atom. The number of pyridine rings is 4. The fourth-order valence-corrected chi connectivity index (χ4v) is 8.02. The zero-order valence-electron chi connectivity index (χ0n) is 37.6. The van der Waals surface area contributed by atoms with Gasteiger partial charge in [0.1, 0.15) is 34.4 Å². The maximum absolute atomic E-state index is 11.2. The standard InChI is InChI=1S/C56H44N10O4/c67-47-22-24-49-38(31-47)13-26-54(56(49)64-62-40-16-20-46(21-17-40)66(36-43-11-3-7-29-59-43)37-44-12-4-8-30-60-44)70-48-23-25-50-51(32-48)55(53(69)33-52(50)68)63-61-39-14-18-45(19-15-39)65(34-41-9-1-5-27-57-41)35-42-10-2-6-28-58-42/h1-33,67-69H,34-37H2. The van der Waals surface area contributed by atoms with Crippen LogP contribution < -0.4 is 14.5 Å². The van der Waals surface area contributed by atoms with Crippen molar-refractivity contribution in [3.63, 3.8) is 0 Å². The van der Waals surface area contributed by atoms with Gasteiger partial charge >= 0.3 is 0 Å². The van der Waals surface area contributed by atoms with Crippen LogP contribution in [0.5, 0.6) is 28.7 Å². The second kappa shape index (κ2) is 20.5. The number of nitrogens with zero attached hydrogens (tertiary/aromatic N) is 10. The van der Waals surface area contributed by atoms with Gasteiger partial charge in [-0.15, -0.1) is 10.2 Å². The molecule has 0 aliphatic heterocycles. The van der Waals surface area contributed by atoms with Crippen molar-refractivity contribution in [1.29, 1.82) is 0 Å². The largest absolute Gasteiger partial charge is 0.508 e. The predicted molar refractivity (Wildman–Crippen MR) is 271 cm³/mol. The zero-order chi connectivity index (χ0) is 47.7. The van der Waals surface area contributed by atoms with Gasteiger partial charge in [0.05, 0.1) is 60.3 Å². The average Bonchev–Trinajstić information content (AvgIpc) is 3.39. The maximum atomic E-state index is 11.2. The lowest BCUT2D eigenvalue weighted by Crippen LogP contribution is -2.23. The topological polar surface area (TPSA) is 177 Å². The summed E-state index contributed by atoms with van der Waals surface area (Å²) in [7, 11) is 0. The summed E-state index contributed by atoms with van der Waals surface area (Å²) in [6, 6.07) is 53.8. The molecule has 0 saturated carbocycles. The molecule has 10 rings (SSSR count). The lowest BCUT2D eigenvalue weighted by molar-refractivity contribution is 0.455. The van der Waals surface area contributed by atoms with Crippen molar-refractivity contribution in [2.75, 3.05) is 9.80 Å². The number of fused-ring (bicyclic) bond motifs is 2. The third-order valence-electron chi connectivity index (χ3n) is 11.5. The summed E-state index contributed by atoms with van der Waals surface area (Å²) in [5, 5.41) is 53.1. The summed E-state index contributed by atoms with van der Waals surface area (Å²) < 4.78 is 6.54. The number of hydrogen-bond donors (Lipinski definition) is 3. The van der Waals surface area contributed by atoms with Crippen LogP contribution in [-0.4, -0.2) is 35.3 Å². The second-order valence-electron chi connectivity index (χ2n) is 16.3. The molecule has 0 atom stereocenters. The predicted octanol–water partition coefficient (Wildman–Crippen LogP) is 13.7. The van der Waals surface area contributed by atoms with Gasteiger partial charge in [-0.2, -0.15) is 10.2 Å². The third kappa shape index (κ3) is 10.5. The molecule has 0 aliphatic rings. The molecule has 3 N–H and O–H groups in total. The van der Waals surface area contributed by atoms with Gasteiger partial charge in [0, 0.05) is 58.4 Å². The van der Waals surface area contributed by atoms with Crippen LogP contribution in [0.15, 0.2) is 221 Å². The smallest absolute Gasteiger partial charge is 0.155 e. The van der Waals surface area contributed by atoms with Crippen LogP contribution in [-0.2, 0) is 26.2 Å². The van der Waals surface area contributed by atoms with Crippen LogP contribution in [0.3, 0.4) is 0 Å². The number of benzene rings is 6. The quantitative estimate of drug-likeness (QED) is 0.0790. The molecule has 4 heterocycles. The Morgan fingerprint density at radius 3 is 1.37 bits per heavy atom. The van der Waals surface area contributed by atoms with Crippen molar-refractivity contribution in [3.8, 4) is 28.7 Å². The molecular weight excluding hydrogens is 877 g/mol. The van der Waals surface area contributed by atoms with E-state index in [2.05, 4.69) is 45.1 Å². The van der Waals surface area contributed by atoms with E-state index < -0.39 is 0 Å². The van der Waals surface area contributed by atoms with Crippen molar-refractivity contribution < 1.29 is 20.1 Å². The Morgan fingerprint density at radius 2 is 0.886 bits per heavy atom. The monoisotopic (exact) mass is 920 g/mol. The number of hydrogen-bond acceptors (Lipinski definition) is 14. The minimum atomic E-state index is -0.262. The van der Waals surface area contributed by atoms with Gasteiger partial charge in [0.25, 0.3) is 0 Å². The Bertz CT molecular complexity index is 3360. The second-order valence-corrected chi connectivity index (χ2v) is 16.3. The maximum Gasteiger partial charge on any atom is 0.155 e. The highest BCUT2D eigenvalue weighted by molar-refractivity contribution is 6.00. The molecule has 10 aromatic rings. The van der Waals surface area contributed by atoms with Crippen LogP contribution in [0.2, 0.25) is 0 Å². The van der Waals surface area contributed by atoms with Gasteiger partial charge in [-0.05, 0) is 145 Å². The Hall–Kier alpha value is -9.56.